The van der Waals surface area contributed by atoms with Gasteiger partial charge < -0.3 is 5.32 Å². The second-order valence-corrected chi connectivity index (χ2v) is 9.80. The van der Waals surface area contributed by atoms with E-state index in [1.54, 1.807) is 31.2 Å². The monoisotopic (exact) mass is 429 g/mol. The van der Waals surface area contributed by atoms with Crippen LogP contribution in [0.1, 0.15) is 37.3 Å². The first-order valence-electron chi connectivity index (χ1n) is 10.5. The van der Waals surface area contributed by atoms with Crippen molar-refractivity contribution in [2.75, 3.05) is 23.7 Å². The van der Waals surface area contributed by atoms with Crippen LogP contribution in [0.4, 0.5) is 5.69 Å². The largest absolute Gasteiger partial charge is 0.350 e. The molecule has 0 radical (unpaired) electrons. The summed E-state index contributed by atoms with van der Waals surface area (Å²) >= 11 is 0. The van der Waals surface area contributed by atoms with Crippen molar-refractivity contribution in [3.8, 4) is 0 Å². The fourth-order valence-corrected chi connectivity index (χ4v) is 5.11. The van der Waals surface area contributed by atoms with Gasteiger partial charge in [-0.25, -0.2) is 8.42 Å². The Labute approximate surface area is 179 Å². The Balaban J connectivity index is 1.63. The van der Waals surface area contributed by atoms with Gasteiger partial charge in [0.1, 0.15) is 6.04 Å². The van der Waals surface area contributed by atoms with E-state index in [2.05, 4.69) is 22.3 Å². The Morgan fingerprint density at radius 1 is 1.03 bits per heavy atom. The van der Waals surface area contributed by atoms with Gasteiger partial charge in [-0.1, -0.05) is 48.9 Å². The Hall–Kier alpha value is -2.38. The van der Waals surface area contributed by atoms with Gasteiger partial charge in [0.15, 0.2) is 0 Å². The van der Waals surface area contributed by atoms with Crippen LogP contribution in [-0.2, 0) is 27.9 Å². The van der Waals surface area contributed by atoms with Gasteiger partial charge in [-0.3, -0.25) is 14.0 Å². The number of rotatable bonds is 8. The fourth-order valence-electron chi connectivity index (χ4n) is 3.93. The molecule has 1 saturated heterocycles. The zero-order valence-electron chi connectivity index (χ0n) is 17.8. The number of hydrogen-bond acceptors (Lipinski definition) is 4. The molecule has 0 bridgehead atoms. The highest BCUT2D eigenvalue weighted by Gasteiger charge is 2.28. The molecular formula is C23H31N3O3S. The molecule has 162 valence electrons. The average Bonchev–Trinajstić information content (AvgIpc) is 2.73. The van der Waals surface area contributed by atoms with Crippen LogP contribution in [0.5, 0.6) is 0 Å². The highest BCUT2D eigenvalue weighted by atomic mass is 32.2. The van der Waals surface area contributed by atoms with Gasteiger partial charge in [-0.15, -0.1) is 0 Å². The predicted molar refractivity (Wildman–Crippen MR) is 121 cm³/mol. The molecule has 0 spiro atoms. The first-order chi connectivity index (χ1) is 14.3. The summed E-state index contributed by atoms with van der Waals surface area (Å²) < 4.78 is 25.8. The molecule has 2 aromatic carbocycles. The zero-order chi connectivity index (χ0) is 21.6. The minimum absolute atomic E-state index is 0.328. The summed E-state index contributed by atoms with van der Waals surface area (Å²) in [5.41, 5.74) is 2.72. The van der Waals surface area contributed by atoms with Gasteiger partial charge in [-0.2, -0.15) is 0 Å². The first kappa shape index (κ1) is 22.3. The number of benzene rings is 2. The maximum atomic E-state index is 12.8. The maximum absolute atomic E-state index is 12.8. The van der Waals surface area contributed by atoms with Gasteiger partial charge in [0.05, 0.1) is 11.9 Å². The summed E-state index contributed by atoms with van der Waals surface area (Å²) in [7, 11) is -3.60. The SMILES string of the molecule is CC(C(=O)NCc1cccc(CN2CCCCC2)c1)N(c1ccccc1)S(C)(=O)=O. The normalized spacial score (nSPS) is 16.1. The lowest BCUT2D eigenvalue weighted by molar-refractivity contribution is -0.122. The molecule has 2 aromatic rings. The fraction of sp³-hybridized carbons (Fsp3) is 0.435. The first-order valence-corrected chi connectivity index (χ1v) is 12.3. The molecule has 0 saturated carbocycles. The van der Waals surface area contributed by atoms with Gasteiger partial charge in [0, 0.05) is 13.1 Å². The number of piperidine rings is 1. The summed E-state index contributed by atoms with van der Waals surface area (Å²) in [4.78, 5) is 15.2. The molecule has 1 unspecified atom stereocenters. The van der Waals surface area contributed by atoms with Crippen molar-refractivity contribution in [3.05, 3.63) is 65.7 Å². The molecular weight excluding hydrogens is 398 g/mol. The number of carbonyl (C=O) groups is 1. The summed E-state index contributed by atoms with van der Waals surface area (Å²) in [5.74, 6) is -0.328. The lowest BCUT2D eigenvalue weighted by Gasteiger charge is -2.28. The van der Waals surface area contributed by atoms with Crippen molar-refractivity contribution >= 4 is 21.6 Å². The maximum Gasteiger partial charge on any atom is 0.243 e. The van der Waals surface area contributed by atoms with E-state index in [4.69, 9.17) is 0 Å². The topological polar surface area (TPSA) is 69.7 Å². The van der Waals surface area contributed by atoms with Crippen LogP contribution in [0, 0.1) is 0 Å². The van der Waals surface area contributed by atoms with Crippen LogP contribution in [0.2, 0.25) is 0 Å². The molecule has 1 fully saturated rings. The van der Waals surface area contributed by atoms with E-state index in [0.29, 0.717) is 12.2 Å². The van der Waals surface area contributed by atoms with E-state index in [0.717, 1.165) is 35.8 Å². The van der Waals surface area contributed by atoms with Crippen LogP contribution in [0.3, 0.4) is 0 Å². The molecule has 0 aromatic heterocycles. The van der Waals surface area contributed by atoms with Gasteiger partial charge in [-0.05, 0) is 56.1 Å². The molecule has 1 heterocycles. The van der Waals surface area contributed by atoms with Gasteiger partial charge in [0.25, 0.3) is 0 Å². The highest BCUT2D eigenvalue weighted by molar-refractivity contribution is 7.92. The van der Waals surface area contributed by atoms with Crippen molar-refractivity contribution in [1.82, 2.24) is 10.2 Å². The number of para-hydroxylation sites is 1. The highest BCUT2D eigenvalue weighted by Crippen LogP contribution is 2.20. The minimum Gasteiger partial charge on any atom is -0.350 e. The summed E-state index contributed by atoms with van der Waals surface area (Å²) in [6.45, 7) is 5.17. The van der Waals surface area contributed by atoms with Crippen LogP contribution in [0.25, 0.3) is 0 Å². The van der Waals surface area contributed by atoms with E-state index in [9.17, 15) is 13.2 Å². The lowest BCUT2D eigenvalue weighted by atomic mass is 10.1. The average molecular weight is 430 g/mol. The molecule has 1 amide bonds. The number of hydrogen-bond donors (Lipinski definition) is 1. The van der Waals surface area contributed by atoms with Gasteiger partial charge >= 0.3 is 0 Å². The summed E-state index contributed by atoms with van der Waals surface area (Å²) in [6, 6.07) is 16.1. The van der Waals surface area contributed by atoms with Crippen molar-refractivity contribution in [3.63, 3.8) is 0 Å². The number of amides is 1. The molecule has 7 heteroatoms. The number of anilines is 1. The number of sulfonamides is 1. The van der Waals surface area contributed by atoms with E-state index in [1.807, 2.05) is 18.2 Å². The molecule has 1 N–H and O–H groups in total. The smallest absolute Gasteiger partial charge is 0.243 e. The number of nitrogens with one attached hydrogen (secondary N) is 1. The second kappa shape index (κ2) is 10.1. The zero-order valence-corrected chi connectivity index (χ0v) is 18.6. The Kier molecular flexibility index (Phi) is 7.50. The number of likely N-dealkylation sites (tertiary alicyclic amines) is 1. The van der Waals surface area contributed by atoms with E-state index in [-0.39, 0.29) is 5.91 Å². The van der Waals surface area contributed by atoms with Crippen LogP contribution >= 0.6 is 0 Å². The molecule has 6 nitrogen and oxygen atoms in total. The Morgan fingerprint density at radius 2 is 1.70 bits per heavy atom. The van der Waals surface area contributed by atoms with E-state index >= 15 is 0 Å². The quantitative estimate of drug-likeness (QED) is 0.700. The third-order valence-electron chi connectivity index (χ3n) is 5.41. The minimum atomic E-state index is -3.60. The standard InChI is InChI=1S/C23H31N3O3S/c1-19(26(30(2,28)29)22-12-5-3-6-13-22)23(27)24-17-20-10-9-11-21(16-20)18-25-14-7-4-8-15-25/h3,5-6,9-13,16,19H,4,7-8,14-15,17-18H2,1-2H3,(H,24,27). The van der Waals surface area contributed by atoms with Crippen molar-refractivity contribution in [1.29, 1.82) is 0 Å². The lowest BCUT2D eigenvalue weighted by Crippen LogP contribution is -2.47. The Bertz CT molecular complexity index is 941. The van der Waals surface area contributed by atoms with Crippen LogP contribution in [0.15, 0.2) is 54.6 Å². The number of carbonyl (C=O) groups excluding carboxylic acids is 1. The third-order valence-corrected chi connectivity index (χ3v) is 6.65. The van der Waals surface area contributed by atoms with Crippen molar-refractivity contribution in [2.24, 2.45) is 0 Å². The molecule has 30 heavy (non-hydrogen) atoms. The second-order valence-electron chi connectivity index (χ2n) is 7.94. The summed E-state index contributed by atoms with van der Waals surface area (Å²) in [6.07, 6.45) is 4.94. The molecule has 1 aliphatic heterocycles. The third kappa shape index (κ3) is 6.06. The van der Waals surface area contributed by atoms with Crippen molar-refractivity contribution < 1.29 is 13.2 Å². The molecule has 1 atom stereocenters. The Morgan fingerprint density at radius 3 is 2.37 bits per heavy atom. The summed E-state index contributed by atoms with van der Waals surface area (Å²) in [5, 5.41) is 2.89. The van der Waals surface area contributed by atoms with E-state index in [1.165, 1.54) is 24.8 Å². The van der Waals surface area contributed by atoms with E-state index < -0.39 is 16.1 Å². The molecule has 1 aliphatic rings. The van der Waals surface area contributed by atoms with Crippen molar-refractivity contribution in [2.45, 2.75) is 45.3 Å². The van der Waals surface area contributed by atoms with Crippen LogP contribution < -0.4 is 9.62 Å². The van der Waals surface area contributed by atoms with Crippen LogP contribution in [-0.4, -0.2) is 44.6 Å². The number of nitrogens with zero attached hydrogens (tertiary/aromatic N) is 2. The molecule has 0 aliphatic carbocycles. The molecule has 3 rings (SSSR count). The predicted octanol–water partition coefficient (Wildman–Crippen LogP) is 3.14. The van der Waals surface area contributed by atoms with Gasteiger partial charge in [0.2, 0.25) is 15.9 Å².